The molecule has 0 unspecified atom stereocenters. The highest BCUT2D eigenvalue weighted by molar-refractivity contribution is 14.1. The normalized spacial score (nSPS) is 10.7. The van der Waals surface area contributed by atoms with Gasteiger partial charge in [-0.3, -0.25) is 9.48 Å². The molecule has 0 fully saturated rings. The van der Waals surface area contributed by atoms with Crippen LogP contribution in [0.4, 0.5) is 5.82 Å². The van der Waals surface area contributed by atoms with Gasteiger partial charge < -0.3 is 14.5 Å². The molecule has 0 saturated heterocycles. The van der Waals surface area contributed by atoms with Gasteiger partial charge in [-0.1, -0.05) is 23.7 Å². The number of ether oxygens (including phenoxy) is 1. The summed E-state index contributed by atoms with van der Waals surface area (Å²) in [5, 5.41) is 7.80. The number of rotatable bonds is 7. The summed E-state index contributed by atoms with van der Waals surface area (Å²) in [7, 11) is 0. The second-order valence-electron chi connectivity index (χ2n) is 6.49. The molecule has 0 aliphatic carbocycles. The van der Waals surface area contributed by atoms with E-state index in [2.05, 4.69) is 33.0 Å². The van der Waals surface area contributed by atoms with E-state index in [9.17, 15) is 4.79 Å². The predicted octanol–water partition coefficient (Wildman–Crippen LogP) is 5.61. The van der Waals surface area contributed by atoms with E-state index in [1.165, 1.54) is 0 Å². The standard InChI is InChI=1S/C22H17ClIN3O3/c23-16-3-1-15(2-4-16)13-27-12-11-21(26-27)25-22(28)20-10-9-19(30-20)14-29-18-7-5-17(24)6-8-18/h1-12H,13-14H2,(H,25,26,28). The van der Waals surface area contributed by atoms with E-state index < -0.39 is 0 Å². The number of nitrogens with zero attached hydrogens (tertiary/aromatic N) is 2. The van der Waals surface area contributed by atoms with E-state index in [0.717, 1.165) is 14.9 Å². The third kappa shape index (κ3) is 5.43. The fourth-order valence-corrected chi connectivity index (χ4v) is 3.22. The molecule has 2 aromatic carbocycles. The van der Waals surface area contributed by atoms with Crippen molar-refractivity contribution < 1.29 is 13.9 Å². The summed E-state index contributed by atoms with van der Waals surface area (Å²) in [5.74, 6) is 1.58. The summed E-state index contributed by atoms with van der Waals surface area (Å²) in [4.78, 5) is 12.4. The van der Waals surface area contributed by atoms with E-state index in [1.807, 2.05) is 48.5 Å². The van der Waals surface area contributed by atoms with Crippen LogP contribution in [0, 0.1) is 3.57 Å². The Morgan fingerprint density at radius 1 is 1.07 bits per heavy atom. The topological polar surface area (TPSA) is 69.3 Å². The zero-order valence-electron chi connectivity index (χ0n) is 15.7. The summed E-state index contributed by atoms with van der Waals surface area (Å²) in [6.45, 7) is 0.817. The number of nitrogens with one attached hydrogen (secondary N) is 1. The van der Waals surface area contributed by atoms with Crippen LogP contribution in [0.2, 0.25) is 5.02 Å². The Bertz CT molecular complexity index is 1140. The van der Waals surface area contributed by atoms with E-state index in [-0.39, 0.29) is 18.3 Å². The van der Waals surface area contributed by atoms with Crippen molar-refractivity contribution in [3.8, 4) is 5.75 Å². The highest BCUT2D eigenvalue weighted by Crippen LogP contribution is 2.17. The minimum absolute atomic E-state index is 0.198. The summed E-state index contributed by atoms with van der Waals surface area (Å²) < 4.78 is 14.1. The van der Waals surface area contributed by atoms with Gasteiger partial charge in [0.05, 0.1) is 6.54 Å². The maximum Gasteiger partial charge on any atom is 0.292 e. The molecule has 0 aliphatic rings. The quantitative estimate of drug-likeness (QED) is 0.313. The first-order valence-corrected chi connectivity index (χ1v) is 10.6. The van der Waals surface area contributed by atoms with E-state index in [4.69, 9.17) is 20.8 Å². The maximum atomic E-state index is 12.4. The van der Waals surface area contributed by atoms with Crippen LogP contribution in [0.15, 0.2) is 77.3 Å². The van der Waals surface area contributed by atoms with Gasteiger partial charge in [0.1, 0.15) is 18.1 Å². The molecule has 30 heavy (non-hydrogen) atoms. The highest BCUT2D eigenvalue weighted by atomic mass is 127. The molecular formula is C22H17ClIN3O3. The van der Waals surface area contributed by atoms with Crippen LogP contribution in [-0.2, 0) is 13.2 Å². The Kier molecular flexibility index (Phi) is 6.39. The van der Waals surface area contributed by atoms with Gasteiger partial charge in [0.2, 0.25) is 0 Å². The second-order valence-corrected chi connectivity index (χ2v) is 8.17. The lowest BCUT2D eigenvalue weighted by Gasteiger charge is -2.04. The van der Waals surface area contributed by atoms with E-state index in [1.54, 1.807) is 29.1 Å². The van der Waals surface area contributed by atoms with Crippen molar-refractivity contribution in [3.63, 3.8) is 0 Å². The lowest BCUT2D eigenvalue weighted by Crippen LogP contribution is -2.12. The zero-order valence-corrected chi connectivity index (χ0v) is 18.6. The smallest absolute Gasteiger partial charge is 0.292 e. The van der Waals surface area contributed by atoms with Crippen molar-refractivity contribution in [1.82, 2.24) is 9.78 Å². The molecule has 0 saturated carbocycles. The van der Waals surface area contributed by atoms with Gasteiger partial charge >= 0.3 is 0 Å². The van der Waals surface area contributed by atoms with Gasteiger partial charge in [-0.15, -0.1) is 0 Å². The van der Waals surface area contributed by atoms with Gasteiger partial charge in [0, 0.05) is 20.9 Å². The number of halogens is 2. The summed E-state index contributed by atoms with van der Waals surface area (Å²) in [6.07, 6.45) is 1.80. The second kappa shape index (κ2) is 9.36. The Morgan fingerprint density at radius 3 is 2.60 bits per heavy atom. The summed E-state index contributed by atoms with van der Waals surface area (Å²) >= 11 is 8.14. The van der Waals surface area contributed by atoms with Crippen molar-refractivity contribution in [2.75, 3.05) is 5.32 Å². The SMILES string of the molecule is O=C(Nc1ccn(Cc2ccc(Cl)cc2)n1)c1ccc(COc2ccc(I)cc2)o1. The maximum absolute atomic E-state index is 12.4. The number of hydrogen-bond donors (Lipinski definition) is 1. The van der Waals surface area contributed by atoms with Gasteiger partial charge in [0.15, 0.2) is 11.6 Å². The Hall–Kier alpha value is -2.78. The molecule has 2 heterocycles. The minimum Gasteiger partial charge on any atom is -0.486 e. The van der Waals surface area contributed by atoms with Gasteiger partial charge in [0.25, 0.3) is 5.91 Å². The molecule has 1 amide bonds. The molecule has 6 nitrogen and oxygen atoms in total. The predicted molar refractivity (Wildman–Crippen MR) is 123 cm³/mol. The van der Waals surface area contributed by atoms with Gasteiger partial charge in [-0.05, 0) is 76.7 Å². The number of carbonyl (C=O) groups excluding carboxylic acids is 1. The van der Waals surface area contributed by atoms with Crippen LogP contribution in [0.1, 0.15) is 21.9 Å². The number of anilines is 1. The van der Waals surface area contributed by atoms with Crippen molar-refractivity contribution in [2.24, 2.45) is 0 Å². The number of benzene rings is 2. The number of furan rings is 1. The molecule has 0 aliphatic heterocycles. The highest BCUT2D eigenvalue weighted by Gasteiger charge is 2.13. The lowest BCUT2D eigenvalue weighted by atomic mass is 10.2. The van der Waals surface area contributed by atoms with Crippen LogP contribution in [-0.4, -0.2) is 15.7 Å². The first-order chi connectivity index (χ1) is 14.5. The zero-order chi connectivity index (χ0) is 20.9. The van der Waals surface area contributed by atoms with E-state index in [0.29, 0.717) is 23.1 Å². The Balaban J connectivity index is 1.32. The molecule has 0 radical (unpaired) electrons. The Morgan fingerprint density at radius 2 is 1.83 bits per heavy atom. The molecular weight excluding hydrogens is 517 g/mol. The fourth-order valence-electron chi connectivity index (χ4n) is 2.73. The third-order valence-corrected chi connectivity index (χ3v) is 5.19. The van der Waals surface area contributed by atoms with Crippen LogP contribution in [0.5, 0.6) is 5.75 Å². The summed E-state index contributed by atoms with van der Waals surface area (Å²) in [6, 6.07) is 20.3. The lowest BCUT2D eigenvalue weighted by molar-refractivity contribution is 0.0992. The Labute approximate surface area is 191 Å². The molecule has 4 aromatic rings. The van der Waals surface area contributed by atoms with E-state index >= 15 is 0 Å². The first-order valence-electron chi connectivity index (χ1n) is 9.11. The monoisotopic (exact) mass is 533 g/mol. The molecule has 0 bridgehead atoms. The van der Waals surface area contributed by atoms with Crippen molar-refractivity contribution in [2.45, 2.75) is 13.2 Å². The summed E-state index contributed by atoms with van der Waals surface area (Å²) in [5.41, 5.74) is 1.06. The molecule has 152 valence electrons. The molecule has 2 aromatic heterocycles. The largest absolute Gasteiger partial charge is 0.486 e. The van der Waals surface area contributed by atoms with Crippen molar-refractivity contribution in [1.29, 1.82) is 0 Å². The fraction of sp³-hybridized carbons (Fsp3) is 0.0909. The molecule has 8 heteroatoms. The van der Waals surface area contributed by atoms with Crippen LogP contribution in [0.25, 0.3) is 0 Å². The minimum atomic E-state index is -0.368. The van der Waals surface area contributed by atoms with Crippen molar-refractivity contribution in [3.05, 3.63) is 98.6 Å². The van der Waals surface area contributed by atoms with Gasteiger partial charge in [-0.2, -0.15) is 5.10 Å². The third-order valence-electron chi connectivity index (χ3n) is 4.22. The number of aromatic nitrogens is 2. The molecule has 4 rings (SSSR count). The average molecular weight is 534 g/mol. The molecule has 0 spiro atoms. The van der Waals surface area contributed by atoms with Gasteiger partial charge in [-0.25, -0.2) is 0 Å². The molecule has 1 N–H and O–H groups in total. The number of amides is 1. The van der Waals surface area contributed by atoms with Crippen LogP contribution < -0.4 is 10.1 Å². The average Bonchev–Trinajstić information content (AvgIpc) is 3.39. The van der Waals surface area contributed by atoms with Crippen LogP contribution in [0.3, 0.4) is 0 Å². The number of carbonyl (C=O) groups is 1. The van der Waals surface area contributed by atoms with Crippen LogP contribution >= 0.6 is 34.2 Å². The molecule has 0 atom stereocenters. The van der Waals surface area contributed by atoms with Crippen molar-refractivity contribution >= 4 is 45.9 Å². The first kappa shape index (κ1) is 20.5. The number of hydrogen-bond acceptors (Lipinski definition) is 4.